The van der Waals surface area contributed by atoms with Gasteiger partial charge in [0.1, 0.15) is 5.75 Å². The summed E-state index contributed by atoms with van der Waals surface area (Å²) in [6.07, 6.45) is 0.895. The molecule has 1 aromatic carbocycles. The van der Waals surface area contributed by atoms with E-state index < -0.39 is 0 Å². The molecule has 0 aliphatic heterocycles. The van der Waals surface area contributed by atoms with Crippen LogP contribution in [-0.4, -0.2) is 21.3 Å². The van der Waals surface area contributed by atoms with Crippen LogP contribution in [0.3, 0.4) is 0 Å². The van der Waals surface area contributed by atoms with Crippen molar-refractivity contribution < 1.29 is 14.2 Å². The average molecular weight is 290 g/mol. The summed E-state index contributed by atoms with van der Waals surface area (Å²) in [5.74, 6) is 2.58. The highest BCUT2D eigenvalue weighted by atomic mass is 35.5. The summed E-state index contributed by atoms with van der Waals surface area (Å²) in [5.41, 5.74) is 7.16. The van der Waals surface area contributed by atoms with Gasteiger partial charge in [-0.25, -0.2) is 0 Å². The monoisotopic (exact) mass is 289 g/mol. The van der Waals surface area contributed by atoms with Gasteiger partial charge in [-0.05, 0) is 18.4 Å². The Labute approximate surface area is 121 Å². The van der Waals surface area contributed by atoms with Gasteiger partial charge in [0, 0.05) is 17.7 Å². The maximum Gasteiger partial charge on any atom is 0.164 e. The van der Waals surface area contributed by atoms with Crippen LogP contribution in [0.1, 0.15) is 31.9 Å². The van der Waals surface area contributed by atoms with Crippen LogP contribution >= 0.6 is 12.4 Å². The third kappa shape index (κ3) is 4.48. The van der Waals surface area contributed by atoms with E-state index in [1.165, 1.54) is 0 Å². The van der Waals surface area contributed by atoms with Gasteiger partial charge in [0.05, 0.1) is 21.3 Å². The number of hydrogen-bond donors (Lipinski definition) is 1. The Bertz CT molecular complexity index is 397. The van der Waals surface area contributed by atoms with Crippen LogP contribution in [0.5, 0.6) is 17.2 Å². The summed E-state index contributed by atoms with van der Waals surface area (Å²) in [6, 6.07) is 3.64. The van der Waals surface area contributed by atoms with Gasteiger partial charge in [0.2, 0.25) is 0 Å². The fraction of sp³-hybridized carbons (Fsp3) is 0.571. The molecule has 0 aromatic heterocycles. The third-order valence-electron chi connectivity index (χ3n) is 2.86. The molecule has 110 valence electrons. The molecule has 5 heteroatoms. The van der Waals surface area contributed by atoms with Gasteiger partial charge >= 0.3 is 0 Å². The number of nitrogens with two attached hydrogens (primary N) is 1. The molecule has 0 saturated heterocycles. The van der Waals surface area contributed by atoms with Crippen LogP contribution in [0, 0.1) is 5.92 Å². The molecule has 4 nitrogen and oxygen atoms in total. The number of ether oxygens (including phenoxy) is 3. The first-order chi connectivity index (χ1) is 8.53. The molecule has 1 aromatic rings. The first kappa shape index (κ1) is 17.9. The zero-order chi connectivity index (χ0) is 13.7. The van der Waals surface area contributed by atoms with E-state index in [2.05, 4.69) is 13.8 Å². The number of benzene rings is 1. The van der Waals surface area contributed by atoms with E-state index in [1.54, 1.807) is 21.3 Å². The molecule has 19 heavy (non-hydrogen) atoms. The van der Waals surface area contributed by atoms with Crippen LogP contribution in [0.15, 0.2) is 12.1 Å². The Hall–Kier alpha value is -1.13. The Morgan fingerprint density at radius 3 is 1.84 bits per heavy atom. The Balaban J connectivity index is 0.00000324. The second-order valence-electron chi connectivity index (χ2n) is 4.69. The van der Waals surface area contributed by atoms with Crippen molar-refractivity contribution in [1.29, 1.82) is 0 Å². The van der Waals surface area contributed by atoms with Crippen molar-refractivity contribution in [3.05, 3.63) is 17.7 Å². The number of methoxy groups -OCH3 is 3. The summed E-state index contributed by atoms with van der Waals surface area (Å²) in [5, 5.41) is 0. The van der Waals surface area contributed by atoms with E-state index in [1.807, 2.05) is 12.1 Å². The fourth-order valence-electron chi connectivity index (χ4n) is 1.98. The molecule has 0 aliphatic carbocycles. The topological polar surface area (TPSA) is 53.7 Å². The summed E-state index contributed by atoms with van der Waals surface area (Å²) in [4.78, 5) is 0. The van der Waals surface area contributed by atoms with Crippen LogP contribution in [0.2, 0.25) is 0 Å². The second kappa shape index (κ2) is 8.12. The zero-order valence-electron chi connectivity index (χ0n) is 12.2. The second-order valence-corrected chi connectivity index (χ2v) is 4.69. The maximum absolute atomic E-state index is 6.21. The predicted octanol–water partition coefficient (Wildman–Crippen LogP) is 3.18. The van der Waals surface area contributed by atoms with Gasteiger partial charge in [-0.1, -0.05) is 13.8 Å². The first-order valence-electron chi connectivity index (χ1n) is 6.09. The van der Waals surface area contributed by atoms with Crippen LogP contribution in [0.4, 0.5) is 0 Å². The number of halogens is 1. The quantitative estimate of drug-likeness (QED) is 0.874. The molecule has 0 saturated carbocycles. The van der Waals surface area contributed by atoms with E-state index in [0.29, 0.717) is 17.4 Å². The highest BCUT2D eigenvalue weighted by molar-refractivity contribution is 5.85. The molecule has 1 atom stereocenters. The standard InChI is InChI=1S/C14H23NO3.ClH/c1-9(2)6-11(15)10-7-13(17-4)14(18-5)8-12(10)16-3;/h7-9,11H,6,15H2,1-5H3;1H/t11-;/m1./s1. The first-order valence-corrected chi connectivity index (χ1v) is 6.09. The third-order valence-corrected chi connectivity index (χ3v) is 2.86. The molecule has 0 fully saturated rings. The molecule has 0 amide bonds. The molecule has 0 unspecified atom stereocenters. The van der Waals surface area contributed by atoms with Crippen molar-refractivity contribution in [2.75, 3.05) is 21.3 Å². The van der Waals surface area contributed by atoms with Crippen LogP contribution in [-0.2, 0) is 0 Å². The van der Waals surface area contributed by atoms with Gasteiger partial charge in [0.25, 0.3) is 0 Å². The minimum absolute atomic E-state index is 0. The van der Waals surface area contributed by atoms with Crippen LogP contribution < -0.4 is 19.9 Å². The highest BCUT2D eigenvalue weighted by Gasteiger charge is 2.17. The van der Waals surface area contributed by atoms with Gasteiger partial charge in [-0.15, -0.1) is 12.4 Å². The molecular weight excluding hydrogens is 266 g/mol. The predicted molar refractivity (Wildman–Crippen MR) is 79.7 cm³/mol. The summed E-state index contributed by atoms with van der Waals surface area (Å²) < 4.78 is 15.9. The minimum atomic E-state index is -0.0697. The molecule has 0 spiro atoms. The lowest BCUT2D eigenvalue weighted by molar-refractivity contribution is 0.345. The lowest BCUT2D eigenvalue weighted by Crippen LogP contribution is -2.14. The number of hydrogen-bond acceptors (Lipinski definition) is 4. The molecule has 0 aliphatic rings. The summed E-state index contributed by atoms with van der Waals surface area (Å²) in [7, 11) is 4.85. The highest BCUT2D eigenvalue weighted by Crippen LogP contribution is 2.38. The Morgan fingerprint density at radius 1 is 0.947 bits per heavy atom. The summed E-state index contributed by atoms with van der Waals surface area (Å²) >= 11 is 0. The van der Waals surface area contributed by atoms with Gasteiger partial charge in [-0.2, -0.15) is 0 Å². The number of rotatable bonds is 6. The molecule has 0 heterocycles. The van der Waals surface area contributed by atoms with Gasteiger partial charge in [-0.3, -0.25) is 0 Å². The van der Waals surface area contributed by atoms with E-state index in [4.69, 9.17) is 19.9 Å². The Kier molecular flexibility index (Phi) is 7.64. The molecule has 0 radical (unpaired) electrons. The van der Waals surface area contributed by atoms with E-state index in [-0.39, 0.29) is 18.4 Å². The summed E-state index contributed by atoms with van der Waals surface area (Å²) in [6.45, 7) is 4.29. The van der Waals surface area contributed by atoms with Crippen molar-refractivity contribution in [2.24, 2.45) is 11.7 Å². The van der Waals surface area contributed by atoms with Crippen LogP contribution in [0.25, 0.3) is 0 Å². The average Bonchev–Trinajstić information content (AvgIpc) is 2.36. The maximum atomic E-state index is 6.21. The van der Waals surface area contributed by atoms with Crippen molar-refractivity contribution >= 4 is 12.4 Å². The molecular formula is C14H24ClNO3. The van der Waals surface area contributed by atoms with Gasteiger partial charge in [0.15, 0.2) is 11.5 Å². The van der Waals surface area contributed by atoms with Crippen molar-refractivity contribution in [2.45, 2.75) is 26.3 Å². The van der Waals surface area contributed by atoms with Gasteiger partial charge < -0.3 is 19.9 Å². The smallest absolute Gasteiger partial charge is 0.164 e. The van der Waals surface area contributed by atoms with E-state index in [0.717, 1.165) is 17.7 Å². The van der Waals surface area contributed by atoms with Crippen molar-refractivity contribution in [1.82, 2.24) is 0 Å². The molecule has 1 rings (SSSR count). The lowest BCUT2D eigenvalue weighted by atomic mass is 9.96. The van der Waals surface area contributed by atoms with E-state index >= 15 is 0 Å². The van der Waals surface area contributed by atoms with Crippen molar-refractivity contribution in [3.63, 3.8) is 0 Å². The normalized spacial score (nSPS) is 11.7. The molecule has 0 bridgehead atoms. The Morgan fingerprint density at radius 2 is 1.42 bits per heavy atom. The zero-order valence-corrected chi connectivity index (χ0v) is 13.0. The SMILES string of the molecule is COc1cc(OC)c([C@H](N)CC(C)C)cc1OC.Cl. The molecule has 2 N–H and O–H groups in total. The minimum Gasteiger partial charge on any atom is -0.496 e. The fourth-order valence-corrected chi connectivity index (χ4v) is 1.98. The van der Waals surface area contributed by atoms with E-state index in [9.17, 15) is 0 Å². The lowest BCUT2D eigenvalue weighted by Gasteiger charge is -2.19. The largest absolute Gasteiger partial charge is 0.496 e. The van der Waals surface area contributed by atoms with Crippen molar-refractivity contribution in [3.8, 4) is 17.2 Å².